The van der Waals surface area contributed by atoms with Gasteiger partial charge in [0.2, 0.25) is 5.56 Å². The van der Waals surface area contributed by atoms with Crippen LogP contribution in [-0.2, 0) is 6.18 Å². The Morgan fingerprint density at radius 2 is 1.77 bits per heavy atom. The molecule has 0 bridgehead atoms. The van der Waals surface area contributed by atoms with Crippen molar-refractivity contribution in [2.45, 2.75) is 32.1 Å². The lowest BCUT2D eigenvalue weighted by atomic mass is 10.0. The van der Waals surface area contributed by atoms with Gasteiger partial charge in [-0.1, -0.05) is 0 Å². The minimum Gasteiger partial charge on any atom is -0.367 e. The monoisotopic (exact) mass is 562 g/mol. The van der Waals surface area contributed by atoms with Crippen molar-refractivity contribution in [1.82, 2.24) is 14.9 Å². The van der Waals surface area contributed by atoms with E-state index in [4.69, 9.17) is 0 Å². The van der Waals surface area contributed by atoms with E-state index in [9.17, 15) is 27.6 Å². The molecule has 1 aliphatic heterocycles. The van der Waals surface area contributed by atoms with Crippen molar-refractivity contribution >= 4 is 23.6 Å². The third kappa shape index (κ3) is 6.54. The molecule has 2 aromatic heterocycles. The molecule has 214 valence electrons. The quantitative estimate of drug-likeness (QED) is 0.320. The molecular weight excluding hydrogens is 532 g/mol. The summed E-state index contributed by atoms with van der Waals surface area (Å²) in [4.78, 5) is 45.9. The number of alkyl halides is 3. The highest BCUT2D eigenvalue weighted by molar-refractivity contribution is 6.07. The minimum absolute atomic E-state index is 0.00649. The number of hydrogen-bond donors (Lipinski definition) is 3. The van der Waals surface area contributed by atoms with Gasteiger partial charge < -0.3 is 20.9 Å². The molecule has 1 amide bonds. The molecule has 1 aliphatic rings. The lowest BCUT2D eigenvalue weighted by Crippen LogP contribution is -2.55. The maximum Gasteiger partial charge on any atom is 0.417 e. The first-order valence-corrected chi connectivity index (χ1v) is 12.3. The van der Waals surface area contributed by atoms with Crippen molar-refractivity contribution in [2.75, 3.05) is 37.4 Å². The number of aldehydes is 1. The topological polar surface area (TPSA) is 124 Å². The zero-order valence-electron chi connectivity index (χ0n) is 22.3. The number of halogens is 4. The van der Waals surface area contributed by atoms with Crippen molar-refractivity contribution in [3.05, 3.63) is 75.7 Å². The van der Waals surface area contributed by atoms with Crippen LogP contribution in [-0.4, -0.2) is 66.3 Å². The summed E-state index contributed by atoms with van der Waals surface area (Å²) in [5.41, 5.74) is 2.08. The molecule has 0 aliphatic carbocycles. The predicted molar refractivity (Wildman–Crippen MR) is 144 cm³/mol. The van der Waals surface area contributed by atoms with Gasteiger partial charge in [-0.15, -0.1) is 0 Å². The average Bonchev–Trinajstić information content (AvgIpc) is 2.92. The molecule has 3 heterocycles. The van der Waals surface area contributed by atoms with Gasteiger partial charge in [-0.25, -0.2) is 4.39 Å². The number of carbonyl (C=O) groups excluding carboxylic acids is 2. The molecule has 4 rings (SSSR count). The molecule has 1 aromatic carbocycles. The summed E-state index contributed by atoms with van der Waals surface area (Å²) < 4.78 is 56.2. The third-order valence-electron chi connectivity index (χ3n) is 6.71. The average molecular weight is 563 g/mol. The van der Waals surface area contributed by atoms with Crippen molar-refractivity contribution < 1.29 is 27.2 Å². The van der Waals surface area contributed by atoms with Crippen LogP contribution in [0.3, 0.4) is 0 Å². The number of hydrogen-bond acceptors (Lipinski definition) is 7. The zero-order valence-corrected chi connectivity index (χ0v) is 22.3. The molecule has 13 heteroatoms. The first kappa shape index (κ1) is 30.4. The fourth-order valence-electron chi connectivity index (χ4n) is 4.50. The zero-order chi connectivity index (χ0) is 29.8. The van der Waals surface area contributed by atoms with Gasteiger partial charge in [-0.2, -0.15) is 13.2 Å². The smallest absolute Gasteiger partial charge is 0.367 e. The summed E-state index contributed by atoms with van der Waals surface area (Å²) in [6.07, 6.45) is -1.08. The van der Waals surface area contributed by atoms with E-state index in [0.717, 1.165) is 0 Å². The van der Waals surface area contributed by atoms with Gasteiger partial charge in [0.25, 0.3) is 5.91 Å². The summed E-state index contributed by atoms with van der Waals surface area (Å²) in [7, 11) is 3.46. The highest BCUT2D eigenvalue weighted by Gasteiger charge is 2.36. The van der Waals surface area contributed by atoms with E-state index < -0.39 is 34.6 Å². The lowest BCUT2D eigenvalue weighted by Gasteiger charge is -2.44. The number of pyridine rings is 2. The summed E-state index contributed by atoms with van der Waals surface area (Å²) in [6, 6.07) is 4.37. The molecule has 0 saturated carbocycles. The highest BCUT2D eigenvalue weighted by Crippen LogP contribution is 2.37. The standard InChI is InChI=1S/C26H25F4N5O3.CH5N/c1-14-11-35(12-15(2)34(14)3)23-7-21(27)18(17-4-16(13-36)8-31-9-17)5-22(23)33-25(38)19-10-32-24(37)6-20(19)26(28,29)30;1-2/h4-10,13-15H,11-12H2,1-3H3,(H,32,37)(H,33,38);2H2,1H3. The normalized spacial score (nSPS) is 17.6. The van der Waals surface area contributed by atoms with Gasteiger partial charge in [0.1, 0.15) is 5.82 Å². The van der Waals surface area contributed by atoms with Crippen LogP contribution in [0.2, 0.25) is 0 Å². The van der Waals surface area contributed by atoms with Gasteiger partial charge in [-0.3, -0.25) is 24.3 Å². The number of aromatic amines is 1. The van der Waals surface area contributed by atoms with E-state index >= 15 is 4.39 Å². The van der Waals surface area contributed by atoms with E-state index in [0.29, 0.717) is 31.6 Å². The predicted octanol–water partition coefficient (Wildman–Crippen LogP) is 3.76. The number of carbonyl (C=O) groups is 2. The minimum atomic E-state index is -4.96. The van der Waals surface area contributed by atoms with Crippen LogP contribution in [0.25, 0.3) is 11.1 Å². The van der Waals surface area contributed by atoms with Gasteiger partial charge in [-0.05, 0) is 46.1 Å². The number of nitrogens with zero attached hydrogens (tertiary/aromatic N) is 3. The fourth-order valence-corrected chi connectivity index (χ4v) is 4.50. The molecule has 9 nitrogen and oxygen atoms in total. The Morgan fingerprint density at radius 3 is 2.38 bits per heavy atom. The van der Waals surface area contributed by atoms with E-state index in [1.807, 2.05) is 25.8 Å². The Morgan fingerprint density at radius 1 is 1.12 bits per heavy atom. The van der Waals surface area contributed by atoms with Crippen LogP contribution < -0.4 is 21.5 Å². The van der Waals surface area contributed by atoms with E-state index in [1.165, 1.54) is 37.6 Å². The first-order chi connectivity index (χ1) is 18.9. The molecule has 0 spiro atoms. The van der Waals surface area contributed by atoms with E-state index in [1.54, 1.807) is 0 Å². The van der Waals surface area contributed by atoms with Crippen LogP contribution in [0.5, 0.6) is 0 Å². The number of rotatable bonds is 5. The number of nitrogens with two attached hydrogens (primary N) is 1. The van der Waals surface area contributed by atoms with Crippen LogP contribution in [0, 0.1) is 5.82 Å². The maximum absolute atomic E-state index is 15.4. The molecule has 2 atom stereocenters. The Bertz CT molecular complexity index is 1430. The summed E-state index contributed by atoms with van der Waals surface area (Å²) >= 11 is 0. The second-order valence-electron chi connectivity index (χ2n) is 9.32. The van der Waals surface area contributed by atoms with Gasteiger partial charge in [0.05, 0.1) is 22.5 Å². The number of aromatic nitrogens is 2. The van der Waals surface area contributed by atoms with Gasteiger partial charge in [0.15, 0.2) is 6.29 Å². The molecule has 4 N–H and O–H groups in total. The Hall–Kier alpha value is -4.10. The van der Waals surface area contributed by atoms with E-state index in [-0.39, 0.29) is 40.1 Å². The SMILES string of the molecule is CC1CN(c2cc(F)c(-c3cncc(C=O)c3)cc2NC(=O)c2c[nH]c(=O)cc2C(F)(F)F)CC(C)N1C.CN. The Kier molecular flexibility index (Phi) is 9.43. The van der Waals surface area contributed by atoms with E-state index in [2.05, 4.69) is 25.9 Å². The molecule has 2 unspecified atom stereocenters. The van der Waals surface area contributed by atoms with Gasteiger partial charge >= 0.3 is 6.18 Å². The van der Waals surface area contributed by atoms with Crippen molar-refractivity contribution in [3.8, 4) is 11.1 Å². The van der Waals surface area contributed by atoms with Crippen LogP contribution in [0.4, 0.5) is 28.9 Å². The van der Waals surface area contributed by atoms with Crippen LogP contribution in [0.15, 0.2) is 47.7 Å². The number of amides is 1. The Labute approximate surface area is 228 Å². The van der Waals surface area contributed by atoms with Crippen molar-refractivity contribution in [1.29, 1.82) is 0 Å². The number of benzene rings is 1. The number of anilines is 2. The van der Waals surface area contributed by atoms with Gasteiger partial charge in [0, 0.05) is 66.5 Å². The third-order valence-corrected chi connectivity index (χ3v) is 6.71. The fraction of sp³-hybridized carbons (Fsp3) is 0.333. The molecule has 40 heavy (non-hydrogen) atoms. The molecular formula is C27H30F4N6O3. The number of piperazine rings is 1. The molecule has 0 radical (unpaired) electrons. The maximum atomic E-state index is 15.4. The molecule has 1 fully saturated rings. The second-order valence-corrected chi connectivity index (χ2v) is 9.32. The first-order valence-electron chi connectivity index (χ1n) is 12.3. The van der Waals surface area contributed by atoms with Crippen LogP contribution in [0.1, 0.15) is 40.1 Å². The summed E-state index contributed by atoms with van der Waals surface area (Å²) in [5.74, 6) is -1.80. The number of nitrogens with one attached hydrogen (secondary N) is 2. The largest absolute Gasteiger partial charge is 0.417 e. The Balaban J connectivity index is 0.00000216. The summed E-state index contributed by atoms with van der Waals surface area (Å²) in [6.45, 7) is 4.91. The van der Waals surface area contributed by atoms with Crippen molar-refractivity contribution in [2.24, 2.45) is 5.73 Å². The molecule has 1 saturated heterocycles. The summed E-state index contributed by atoms with van der Waals surface area (Å²) in [5, 5.41) is 2.49. The number of likely N-dealkylation sites (N-methyl/N-ethyl adjacent to an activating group) is 1. The lowest BCUT2D eigenvalue weighted by molar-refractivity contribution is -0.138. The van der Waals surface area contributed by atoms with Crippen LogP contribution >= 0.6 is 0 Å². The van der Waals surface area contributed by atoms with Crippen molar-refractivity contribution in [3.63, 3.8) is 0 Å². The number of H-pyrrole nitrogens is 1. The second kappa shape index (κ2) is 12.4. The molecule has 3 aromatic rings. The highest BCUT2D eigenvalue weighted by atomic mass is 19.4.